The van der Waals surface area contributed by atoms with E-state index in [0.29, 0.717) is 13.4 Å². The second-order valence-electron chi connectivity index (χ2n) is 5.36. The van der Waals surface area contributed by atoms with Crippen LogP contribution in [0.1, 0.15) is 17.9 Å². The highest BCUT2D eigenvalue weighted by Crippen LogP contribution is 2.37. The van der Waals surface area contributed by atoms with Crippen LogP contribution in [0.25, 0.3) is 21.9 Å². The Morgan fingerprint density at radius 2 is 1.95 bits per heavy atom. The van der Waals surface area contributed by atoms with Gasteiger partial charge >= 0.3 is 7.69 Å². The van der Waals surface area contributed by atoms with E-state index in [0.717, 1.165) is 33.9 Å². The fraction of sp³-hybridized carbons (Fsp3) is 0.111. The number of allylic oxidation sites excluding steroid dienone is 3. The Balaban J connectivity index is 1.87. The summed E-state index contributed by atoms with van der Waals surface area (Å²) in [5.41, 5.74) is 2.96. The number of fused-ring (bicyclic) bond motifs is 3. The minimum absolute atomic E-state index is 0.171. The lowest BCUT2D eigenvalue weighted by Gasteiger charge is -2.17. The molecule has 1 heterocycles. The lowest BCUT2D eigenvalue weighted by molar-refractivity contribution is 0.377. The maximum absolute atomic E-state index is 8.80. The molecule has 22 heavy (non-hydrogen) atoms. The molecule has 0 saturated heterocycles. The first-order valence-electron chi connectivity index (χ1n) is 7.28. The molecule has 0 saturated carbocycles. The van der Waals surface area contributed by atoms with Crippen LogP contribution in [0.15, 0.2) is 70.9 Å². The summed E-state index contributed by atoms with van der Waals surface area (Å²) in [6.07, 6.45) is 6.80. The van der Waals surface area contributed by atoms with Gasteiger partial charge in [-0.15, -0.1) is 0 Å². The third-order valence-corrected chi connectivity index (χ3v) is 4.06. The average molecular weight is 289 g/mol. The zero-order valence-corrected chi connectivity index (χ0v) is 11.9. The molecular weight excluding hydrogens is 275 g/mol. The second kappa shape index (κ2) is 5.39. The van der Waals surface area contributed by atoms with E-state index >= 15 is 0 Å². The fourth-order valence-electron chi connectivity index (χ4n) is 3.07. The molecule has 3 nitrogen and oxygen atoms in total. The lowest BCUT2D eigenvalue weighted by atomic mass is 9.90. The molecule has 0 fully saturated rings. The highest BCUT2D eigenvalue weighted by atomic mass is 16.5. The topological polar surface area (TPSA) is 42.6 Å². The molecule has 4 rings (SSSR count). The molecule has 3 aromatic rings. The van der Waals surface area contributed by atoms with E-state index in [1.165, 1.54) is 0 Å². The van der Waals surface area contributed by atoms with Gasteiger partial charge < -0.3 is 14.1 Å². The third kappa shape index (κ3) is 2.12. The minimum Gasteiger partial charge on any atom is -0.538 e. The molecule has 0 aliphatic heterocycles. The van der Waals surface area contributed by atoms with Gasteiger partial charge in [0, 0.05) is 22.3 Å². The van der Waals surface area contributed by atoms with Gasteiger partial charge in [0.05, 0.1) is 5.76 Å². The van der Waals surface area contributed by atoms with Crippen LogP contribution >= 0.6 is 0 Å². The monoisotopic (exact) mass is 289 g/mol. The standard InChI is InChI=1S/C18H14BO3/c20-19-22-13-6-3-5-12(11-13)14-8-4-9-16-15-7-1-2-10-17(15)21-18(14)16/h1-4,6-12,20H,5H2. The molecule has 1 aliphatic carbocycles. The first kappa shape index (κ1) is 13.2. The van der Waals surface area contributed by atoms with E-state index in [2.05, 4.69) is 24.3 Å². The molecule has 1 aromatic heterocycles. The van der Waals surface area contributed by atoms with Crippen molar-refractivity contribution in [2.24, 2.45) is 0 Å². The molecule has 2 aromatic carbocycles. The van der Waals surface area contributed by atoms with Gasteiger partial charge in [-0.25, -0.2) is 0 Å². The molecular formula is C18H14BO3. The van der Waals surface area contributed by atoms with Crippen molar-refractivity contribution in [3.63, 3.8) is 0 Å². The van der Waals surface area contributed by atoms with Gasteiger partial charge in [0.2, 0.25) is 0 Å². The summed E-state index contributed by atoms with van der Waals surface area (Å²) < 4.78 is 11.2. The van der Waals surface area contributed by atoms with Crippen molar-refractivity contribution in [3.8, 4) is 0 Å². The van der Waals surface area contributed by atoms with Crippen LogP contribution in [0.4, 0.5) is 0 Å². The van der Waals surface area contributed by atoms with Crippen molar-refractivity contribution < 1.29 is 14.1 Å². The van der Waals surface area contributed by atoms with Crippen LogP contribution in [0, 0.1) is 0 Å². The van der Waals surface area contributed by atoms with E-state index in [9.17, 15) is 0 Å². The maximum Gasteiger partial charge on any atom is 0.569 e. The Bertz CT molecular complexity index is 892. The van der Waals surface area contributed by atoms with Crippen molar-refractivity contribution in [2.45, 2.75) is 12.3 Å². The number of benzene rings is 2. The van der Waals surface area contributed by atoms with Crippen molar-refractivity contribution in [2.75, 3.05) is 0 Å². The van der Waals surface area contributed by atoms with Crippen LogP contribution in [-0.2, 0) is 4.65 Å². The quantitative estimate of drug-likeness (QED) is 0.739. The second-order valence-corrected chi connectivity index (χ2v) is 5.36. The largest absolute Gasteiger partial charge is 0.569 e. The lowest BCUT2D eigenvalue weighted by Crippen LogP contribution is -2.04. The molecule has 0 spiro atoms. The van der Waals surface area contributed by atoms with Crippen molar-refractivity contribution in [3.05, 3.63) is 72.0 Å². The summed E-state index contributed by atoms with van der Waals surface area (Å²) in [5, 5.41) is 11.1. The molecule has 0 amide bonds. The Hall–Kier alpha value is -2.46. The Morgan fingerprint density at radius 3 is 2.86 bits per heavy atom. The number of hydrogen-bond acceptors (Lipinski definition) is 3. The van der Waals surface area contributed by atoms with Gasteiger partial charge in [0.1, 0.15) is 11.2 Å². The average Bonchev–Trinajstić information content (AvgIpc) is 2.94. The van der Waals surface area contributed by atoms with Crippen LogP contribution in [0.3, 0.4) is 0 Å². The Kier molecular flexibility index (Phi) is 3.24. The van der Waals surface area contributed by atoms with Crippen LogP contribution in [-0.4, -0.2) is 12.7 Å². The number of hydrogen-bond donors (Lipinski definition) is 1. The zero-order chi connectivity index (χ0) is 14.9. The summed E-state index contributed by atoms with van der Waals surface area (Å²) in [7, 11) is 0.709. The van der Waals surface area contributed by atoms with Gasteiger partial charge in [-0.2, -0.15) is 0 Å². The van der Waals surface area contributed by atoms with Gasteiger partial charge in [0.15, 0.2) is 0 Å². The first-order valence-corrected chi connectivity index (χ1v) is 7.28. The summed E-state index contributed by atoms with van der Waals surface area (Å²) in [6.45, 7) is 0. The normalized spacial score (nSPS) is 17.7. The third-order valence-electron chi connectivity index (χ3n) is 4.06. The molecule has 107 valence electrons. The molecule has 1 atom stereocenters. The maximum atomic E-state index is 8.80. The molecule has 4 heteroatoms. The predicted octanol–water partition coefficient (Wildman–Crippen LogP) is 4.06. The van der Waals surface area contributed by atoms with Crippen LogP contribution in [0.5, 0.6) is 0 Å². The van der Waals surface area contributed by atoms with E-state index < -0.39 is 0 Å². The first-order chi connectivity index (χ1) is 10.9. The number of furan rings is 1. The highest BCUT2D eigenvalue weighted by Gasteiger charge is 2.18. The van der Waals surface area contributed by atoms with Crippen LogP contribution in [0.2, 0.25) is 0 Å². The molecule has 1 aliphatic rings. The van der Waals surface area contributed by atoms with E-state index in [4.69, 9.17) is 14.1 Å². The summed E-state index contributed by atoms with van der Waals surface area (Å²) in [4.78, 5) is 0. The van der Waals surface area contributed by atoms with Crippen molar-refractivity contribution in [1.82, 2.24) is 0 Å². The van der Waals surface area contributed by atoms with E-state index in [1.807, 2.05) is 36.4 Å². The van der Waals surface area contributed by atoms with Gasteiger partial charge in [-0.1, -0.05) is 42.5 Å². The minimum atomic E-state index is 0.171. The van der Waals surface area contributed by atoms with Crippen molar-refractivity contribution >= 4 is 29.6 Å². The van der Waals surface area contributed by atoms with Crippen molar-refractivity contribution in [1.29, 1.82) is 0 Å². The van der Waals surface area contributed by atoms with E-state index in [-0.39, 0.29) is 5.92 Å². The Labute approximate surface area is 128 Å². The Morgan fingerprint density at radius 1 is 1.09 bits per heavy atom. The zero-order valence-electron chi connectivity index (χ0n) is 11.9. The van der Waals surface area contributed by atoms with E-state index in [1.54, 1.807) is 0 Å². The molecule has 1 N–H and O–H groups in total. The summed E-state index contributed by atoms with van der Waals surface area (Å²) in [5.74, 6) is 0.816. The molecule has 1 unspecified atom stereocenters. The molecule has 0 bridgehead atoms. The van der Waals surface area contributed by atoms with Gasteiger partial charge in [0.25, 0.3) is 0 Å². The van der Waals surface area contributed by atoms with Gasteiger partial charge in [-0.05, 0) is 24.6 Å². The summed E-state index contributed by atoms with van der Waals surface area (Å²) >= 11 is 0. The SMILES string of the molecule is O[B]OC1=CC(c2cccc3c2oc2ccccc23)CC=C1. The summed E-state index contributed by atoms with van der Waals surface area (Å²) in [6, 6.07) is 14.3. The highest BCUT2D eigenvalue weighted by molar-refractivity contribution is 6.16. The van der Waals surface area contributed by atoms with Crippen LogP contribution < -0.4 is 0 Å². The predicted molar refractivity (Wildman–Crippen MR) is 87.4 cm³/mol. The number of rotatable bonds is 3. The van der Waals surface area contributed by atoms with Gasteiger partial charge in [-0.3, -0.25) is 0 Å². The number of para-hydroxylation sites is 2. The molecule has 1 radical (unpaired) electrons. The smallest absolute Gasteiger partial charge is 0.538 e. The fourth-order valence-corrected chi connectivity index (χ4v) is 3.07.